The molecule has 4 rings (SSSR count). The third-order valence-corrected chi connectivity index (χ3v) is 8.64. The van der Waals surface area contributed by atoms with Crippen LogP contribution < -0.4 is 9.64 Å². The van der Waals surface area contributed by atoms with E-state index in [2.05, 4.69) is 10.1 Å². The van der Waals surface area contributed by atoms with Gasteiger partial charge in [-0.05, 0) is 56.7 Å². The molecule has 0 aliphatic rings. The van der Waals surface area contributed by atoms with Gasteiger partial charge in [0, 0.05) is 24.7 Å². The molecule has 0 spiro atoms. The molecule has 0 atom stereocenters. The van der Waals surface area contributed by atoms with Gasteiger partial charge in [0.05, 0.1) is 34.7 Å². The van der Waals surface area contributed by atoms with Crippen LogP contribution in [0.1, 0.15) is 24.2 Å². The average molecular weight is 549 g/mol. The summed E-state index contributed by atoms with van der Waals surface area (Å²) in [5.41, 5.74) is 1.72. The predicted octanol–water partition coefficient (Wildman–Crippen LogP) is 4.68. The van der Waals surface area contributed by atoms with Crippen molar-refractivity contribution >= 4 is 42.4 Å². The van der Waals surface area contributed by atoms with E-state index in [-0.39, 0.29) is 51.3 Å². The van der Waals surface area contributed by atoms with Gasteiger partial charge in [-0.2, -0.15) is 5.10 Å². The standard InChI is InChI=1S/C25H26F2N4O4S2/c1-16-13-17(2)31(29-16)11-10-30(25-28-24-21(27)14-18(26)15-22(24)36-25)23(32)5-4-12-37(33,34)20-8-6-19(35-3)7-9-20/h6-9,13-15H,4-5,10-12H2,1-3H3. The Balaban J connectivity index is 1.52. The van der Waals surface area contributed by atoms with Gasteiger partial charge in [0.1, 0.15) is 17.1 Å². The van der Waals surface area contributed by atoms with Gasteiger partial charge in [-0.1, -0.05) is 11.3 Å². The van der Waals surface area contributed by atoms with Crippen molar-refractivity contribution in [3.05, 3.63) is 65.5 Å². The van der Waals surface area contributed by atoms with E-state index in [1.807, 2.05) is 19.9 Å². The molecule has 37 heavy (non-hydrogen) atoms. The summed E-state index contributed by atoms with van der Waals surface area (Å²) in [6.45, 7) is 4.28. The second kappa shape index (κ2) is 10.9. The Labute approximate surface area is 217 Å². The van der Waals surface area contributed by atoms with Crippen LogP contribution in [-0.2, 0) is 21.2 Å². The normalized spacial score (nSPS) is 11.7. The minimum atomic E-state index is -3.60. The Morgan fingerprint density at radius 1 is 1.14 bits per heavy atom. The van der Waals surface area contributed by atoms with E-state index in [1.165, 1.54) is 30.2 Å². The number of carbonyl (C=O) groups excluding carboxylic acids is 1. The highest BCUT2D eigenvalue weighted by Crippen LogP contribution is 2.32. The van der Waals surface area contributed by atoms with Crippen molar-refractivity contribution in [3.8, 4) is 5.75 Å². The SMILES string of the molecule is COc1ccc(S(=O)(=O)CCCC(=O)N(CCn2nc(C)cc2C)c2nc3c(F)cc(F)cc3s2)cc1. The maximum Gasteiger partial charge on any atom is 0.228 e. The highest BCUT2D eigenvalue weighted by atomic mass is 32.2. The number of thiazole rings is 1. The van der Waals surface area contributed by atoms with Crippen molar-refractivity contribution < 1.29 is 26.7 Å². The number of sulfone groups is 1. The molecule has 0 radical (unpaired) electrons. The van der Waals surface area contributed by atoms with Crippen molar-refractivity contribution in [1.29, 1.82) is 0 Å². The molecule has 196 valence electrons. The summed E-state index contributed by atoms with van der Waals surface area (Å²) < 4.78 is 60.5. The highest BCUT2D eigenvalue weighted by Gasteiger charge is 2.23. The van der Waals surface area contributed by atoms with Gasteiger partial charge in [0.15, 0.2) is 20.8 Å². The molecular weight excluding hydrogens is 522 g/mol. The number of aryl methyl sites for hydroxylation is 2. The second-order valence-electron chi connectivity index (χ2n) is 8.52. The van der Waals surface area contributed by atoms with Gasteiger partial charge in [-0.15, -0.1) is 0 Å². The van der Waals surface area contributed by atoms with Crippen LogP contribution in [0.5, 0.6) is 5.75 Å². The van der Waals surface area contributed by atoms with Gasteiger partial charge >= 0.3 is 0 Å². The van der Waals surface area contributed by atoms with Crippen LogP contribution in [0.15, 0.2) is 47.4 Å². The number of hydrogen-bond acceptors (Lipinski definition) is 7. The van der Waals surface area contributed by atoms with Crippen LogP contribution in [0.2, 0.25) is 0 Å². The minimum Gasteiger partial charge on any atom is -0.497 e. The summed E-state index contributed by atoms with van der Waals surface area (Å²) in [7, 11) is -2.11. The monoisotopic (exact) mass is 548 g/mol. The summed E-state index contributed by atoms with van der Waals surface area (Å²) >= 11 is 1.00. The molecule has 1 amide bonds. The highest BCUT2D eigenvalue weighted by molar-refractivity contribution is 7.91. The zero-order valence-corrected chi connectivity index (χ0v) is 22.2. The molecule has 2 heterocycles. The fourth-order valence-corrected chi connectivity index (χ4v) is 6.29. The lowest BCUT2D eigenvalue weighted by atomic mass is 10.3. The summed E-state index contributed by atoms with van der Waals surface area (Å²) in [6, 6.07) is 9.88. The van der Waals surface area contributed by atoms with E-state index in [9.17, 15) is 22.0 Å². The first-order valence-corrected chi connectivity index (χ1v) is 14.0. The lowest BCUT2D eigenvalue weighted by Gasteiger charge is -2.20. The zero-order chi connectivity index (χ0) is 26.7. The van der Waals surface area contributed by atoms with E-state index in [1.54, 1.807) is 16.8 Å². The topological polar surface area (TPSA) is 94.4 Å². The van der Waals surface area contributed by atoms with E-state index in [0.717, 1.165) is 28.8 Å². The smallest absolute Gasteiger partial charge is 0.228 e. The van der Waals surface area contributed by atoms with Crippen LogP contribution in [0.3, 0.4) is 0 Å². The number of halogens is 2. The molecule has 2 aromatic heterocycles. The summed E-state index contributed by atoms with van der Waals surface area (Å²) in [5, 5.41) is 4.62. The Morgan fingerprint density at radius 2 is 1.86 bits per heavy atom. The van der Waals surface area contributed by atoms with Gasteiger partial charge in [0.25, 0.3) is 0 Å². The van der Waals surface area contributed by atoms with Crippen molar-refractivity contribution in [2.75, 3.05) is 24.3 Å². The van der Waals surface area contributed by atoms with Crippen LogP contribution in [-0.4, -0.2) is 48.5 Å². The maximum absolute atomic E-state index is 14.3. The molecule has 0 unspecified atom stereocenters. The van der Waals surface area contributed by atoms with E-state index >= 15 is 0 Å². The van der Waals surface area contributed by atoms with Gasteiger partial charge in [-0.25, -0.2) is 22.2 Å². The van der Waals surface area contributed by atoms with Crippen LogP contribution in [0.4, 0.5) is 13.9 Å². The fraction of sp³-hybridized carbons (Fsp3) is 0.320. The summed E-state index contributed by atoms with van der Waals surface area (Å²) in [4.78, 5) is 19.1. The summed E-state index contributed by atoms with van der Waals surface area (Å²) in [5.74, 6) is -1.60. The largest absolute Gasteiger partial charge is 0.497 e. The maximum atomic E-state index is 14.3. The second-order valence-corrected chi connectivity index (χ2v) is 11.6. The third kappa shape index (κ3) is 6.13. The molecule has 2 aromatic carbocycles. The molecule has 8 nitrogen and oxygen atoms in total. The first-order chi connectivity index (χ1) is 17.6. The number of methoxy groups -OCH3 is 1. The van der Waals surface area contributed by atoms with Crippen molar-refractivity contribution in [3.63, 3.8) is 0 Å². The molecule has 4 aromatic rings. The Morgan fingerprint density at radius 3 is 2.51 bits per heavy atom. The number of fused-ring (bicyclic) bond motifs is 1. The third-order valence-electron chi connectivity index (χ3n) is 5.79. The zero-order valence-electron chi connectivity index (χ0n) is 20.6. The van der Waals surface area contributed by atoms with Crippen LogP contribution in [0, 0.1) is 25.5 Å². The molecule has 0 saturated heterocycles. The van der Waals surface area contributed by atoms with E-state index < -0.39 is 21.5 Å². The quantitative estimate of drug-likeness (QED) is 0.286. The first kappa shape index (κ1) is 26.7. The number of hydrogen-bond donors (Lipinski definition) is 0. The Kier molecular flexibility index (Phi) is 7.88. The van der Waals surface area contributed by atoms with E-state index in [4.69, 9.17) is 4.74 Å². The fourth-order valence-electron chi connectivity index (χ4n) is 3.93. The number of carbonyl (C=O) groups is 1. The number of ether oxygens (including phenoxy) is 1. The number of anilines is 1. The first-order valence-electron chi connectivity index (χ1n) is 11.5. The molecule has 0 bridgehead atoms. The molecule has 0 fully saturated rings. The average Bonchev–Trinajstić information content (AvgIpc) is 3.41. The minimum absolute atomic E-state index is 0.0209. The number of benzene rings is 2. The van der Waals surface area contributed by atoms with Crippen molar-refractivity contribution in [1.82, 2.24) is 14.8 Å². The molecule has 12 heteroatoms. The number of aromatic nitrogens is 3. The van der Waals surface area contributed by atoms with Gasteiger partial charge in [-0.3, -0.25) is 14.4 Å². The van der Waals surface area contributed by atoms with Gasteiger partial charge < -0.3 is 4.74 Å². The summed E-state index contributed by atoms with van der Waals surface area (Å²) in [6.07, 6.45) is 0.0107. The molecule has 0 saturated carbocycles. The van der Waals surface area contributed by atoms with E-state index in [0.29, 0.717) is 12.3 Å². The van der Waals surface area contributed by atoms with Crippen LogP contribution in [0.25, 0.3) is 10.2 Å². The number of rotatable bonds is 10. The van der Waals surface area contributed by atoms with Crippen molar-refractivity contribution in [2.45, 2.75) is 38.1 Å². The lowest BCUT2D eigenvalue weighted by molar-refractivity contribution is -0.118. The molecule has 0 aliphatic heterocycles. The number of nitrogens with zero attached hydrogens (tertiary/aromatic N) is 4. The van der Waals surface area contributed by atoms with Crippen molar-refractivity contribution in [2.24, 2.45) is 0 Å². The molecular formula is C25H26F2N4O4S2. The predicted molar refractivity (Wildman–Crippen MR) is 138 cm³/mol. The lowest BCUT2D eigenvalue weighted by Crippen LogP contribution is -2.34. The van der Waals surface area contributed by atoms with Crippen LogP contribution >= 0.6 is 11.3 Å². The Bertz CT molecular complexity index is 1530. The van der Waals surface area contributed by atoms with Gasteiger partial charge in [0.2, 0.25) is 5.91 Å². The molecule has 0 N–H and O–H groups in total. The Hall–Kier alpha value is -3.38. The molecule has 0 aliphatic carbocycles. The number of amides is 1.